The summed E-state index contributed by atoms with van der Waals surface area (Å²) in [7, 11) is 1.33. The average Bonchev–Trinajstić information content (AvgIpc) is 2.52. The summed E-state index contributed by atoms with van der Waals surface area (Å²) in [5.74, 6) is -0.619. The number of hydrogen-bond donors (Lipinski definition) is 3. The molecule has 0 aliphatic rings. The molecule has 1 aromatic carbocycles. The molecule has 0 fully saturated rings. The maximum absolute atomic E-state index is 12.6. The Kier molecular flexibility index (Phi) is 8.95. The zero-order valence-corrected chi connectivity index (χ0v) is 17.7. The van der Waals surface area contributed by atoms with Gasteiger partial charge in [-0.25, -0.2) is 0 Å². The number of rotatable bonds is 7. The van der Waals surface area contributed by atoms with Gasteiger partial charge in [0.15, 0.2) is 0 Å². The number of hydrogen-bond acceptors (Lipinski definition) is 5. The Bertz CT molecular complexity index is 591. The first-order chi connectivity index (χ1) is 11.1. The predicted octanol–water partition coefficient (Wildman–Crippen LogP) is 2.22. The van der Waals surface area contributed by atoms with E-state index in [1.165, 1.54) is 7.11 Å². The van der Waals surface area contributed by atoms with Crippen LogP contribution < -0.4 is 5.32 Å². The summed E-state index contributed by atoms with van der Waals surface area (Å²) in [4.78, 5) is 24.5. The minimum atomic E-state index is -0.813. The molecule has 1 rings (SSSR count). The van der Waals surface area contributed by atoms with Crippen LogP contribution in [-0.4, -0.2) is 29.2 Å². The van der Waals surface area contributed by atoms with Crippen molar-refractivity contribution >= 4 is 17.6 Å². The van der Waals surface area contributed by atoms with Crippen molar-refractivity contribution in [2.45, 2.75) is 47.3 Å². The van der Waals surface area contributed by atoms with Gasteiger partial charge in [0.05, 0.1) is 25.7 Å². The second-order valence-electron chi connectivity index (χ2n) is 7.24. The third-order valence-electron chi connectivity index (χ3n) is 3.91. The van der Waals surface area contributed by atoms with Crippen LogP contribution in [0.1, 0.15) is 45.2 Å². The predicted molar refractivity (Wildman–Crippen MR) is 91.1 cm³/mol. The smallest absolute Gasteiger partial charge is 0.311 e. The Morgan fingerprint density at radius 3 is 1.88 bits per heavy atom. The number of carbonyl (C=O) groups excluding carboxylic acids is 2. The fourth-order valence-electron chi connectivity index (χ4n) is 2.85. The quantitative estimate of drug-likeness (QED) is 0.471. The van der Waals surface area contributed by atoms with E-state index < -0.39 is 10.8 Å². The van der Waals surface area contributed by atoms with Gasteiger partial charge in [-0.3, -0.25) is 9.59 Å². The maximum atomic E-state index is 12.6. The molecule has 0 atom stereocenters. The first kappa shape index (κ1) is 23.7. The number of methoxy groups -OCH3 is 1. The first-order valence-corrected chi connectivity index (χ1v) is 7.80. The number of anilines is 1. The number of benzene rings is 1. The maximum Gasteiger partial charge on any atom is 0.311 e. The Morgan fingerprint density at radius 1 is 1.00 bits per heavy atom. The molecule has 0 aromatic heterocycles. The molecular formula is C18H27IrNO5. The van der Waals surface area contributed by atoms with Crippen LogP contribution in [0.4, 0.5) is 5.69 Å². The van der Waals surface area contributed by atoms with E-state index in [1.54, 1.807) is 45.9 Å². The molecule has 25 heavy (non-hydrogen) atoms. The zero-order chi connectivity index (χ0) is 18.5. The van der Waals surface area contributed by atoms with Gasteiger partial charge in [-0.15, -0.1) is 0 Å². The molecular weight excluding hydrogens is 502 g/mol. The van der Waals surface area contributed by atoms with E-state index in [9.17, 15) is 19.8 Å². The van der Waals surface area contributed by atoms with Gasteiger partial charge in [-0.1, -0.05) is 19.9 Å². The molecule has 1 aromatic rings. The SMILES string of the molecule is COC(=O)C(C)(C)CC(C)(C)C(=O)Nc1cc(CO)cc(CO)c1.[Ir]. The monoisotopic (exact) mass is 530 g/mol. The van der Waals surface area contributed by atoms with Crippen LogP contribution in [0.5, 0.6) is 0 Å². The molecule has 0 unspecified atom stereocenters. The number of amides is 1. The van der Waals surface area contributed by atoms with E-state index in [0.29, 0.717) is 23.2 Å². The fraction of sp³-hybridized carbons (Fsp3) is 0.556. The van der Waals surface area contributed by atoms with Crippen molar-refractivity contribution in [3.8, 4) is 0 Å². The van der Waals surface area contributed by atoms with Crippen molar-refractivity contribution in [1.82, 2.24) is 0 Å². The van der Waals surface area contributed by atoms with Gasteiger partial charge in [0.25, 0.3) is 0 Å². The number of esters is 1. The summed E-state index contributed by atoms with van der Waals surface area (Å²) in [6, 6.07) is 4.97. The van der Waals surface area contributed by atoms with Crippen molar-refractivity contribution in [2.24, 2.45) is 10.8 Å². The fourth-order valence-corrected chi connectivity index (χ4v) is 2.85. The third-order valence-corrected chi connectivity index (χ3v) is 3.91. The Hall–Kier alpha value is -1.27. The van der Waals surface area contributed by atoms with Crippen LogP contribution in [-0.2, 0) is 47.6 Å². The van der Waals surface area contributed by atoms with Gasteiger partial charge < -0.3 is 20.3 Å². The van der Waals surface area contributed by atoms with Crippen LogP contribution in [0, 0.1) is 10.8 Å². The number of aliphatic hydroxyl groups is 2. The van der Waals surface area contributed by atoms with Crippen LogP contribution in [0.3, 0.4) is 0 Å². The van der Waals surface area contributed by atoms with E-state index in [1.807, 2.05) is 0 Å². The molecule has 1 radical (unpaired) electrons. The van der Waals surface area contributed by atoms with E-state index >= 15 is 0 Å². The van der Waals surface area contributed by atoms with E-state index in [2.05, 4.69) is 5.32 Å². The van der Waals surface area contributed by atoms with E-state index in [4.69, 9.17) is 4.74 Å². The summed E-state index contributed by atoms with van der Waals surface area (Å²) in [6.45, 7) is 6.63. The summed E-state index contributed by atoms with van der Waals surface area (Å²) in [5, 5.41) is 21.3. The molecule has 0 saturated carbocycles. The minimum absolute atomic E-state index is 0. The second kappa shape index (κ2) is 9.43. The summed E-state index contributed by atoms with van der Waals surface area (Å²) in [6.07, 6.45) is 0.311. The zero-order valence-electron chi connectivity index (χ0n) is 15.3. The standard InChI is InChI=1S/C18H27NO5.Ir/c1-17(2,11-18(3,4)16(23)24-5)15(22)19-14-7-12(9-20)6-13(8-14)10-21;/h6-8,20-21H,9-11H2,1-5H3,(H,19,22);. The summed E-state index contributed by atoms with van der Waals surface area (Å²) < 4.78 is 4.79. The van der Waals surface area contributed by atoms with Crippen molar-refractivity contribution in [2.75, 3.05) is 12.4 Å². The van der Waals surface area contributed by atoms with Crippen LogP contribution >= 0.6 is 0 Å². The topological polar surface area (TPSA) is 95.9 Å². The van der Waals surface area contributed by atoms with Crippen molar-refractivity contribution in [3.63, 3.8) is 0 Å². The van der Waals surface area contributed by atoms with E-state index in [-0.39, 0.29) is 45.2 Å². The van der Waals surface area contributed by atoms with Crippen LogP contribution in [0.25, 0.3) is 0 Å². The van der Waals surface area contributed by atoms with E-state index in [0.717, 1.165) is 0 Å². The Morgan fingerprint density at radius 2 is 1.48 bits per heavy atom. The number of ether oxygens (including phenoxy) is 1. The molecule has 0 heterocycles. The normalized spacial score (nSPS) is 11.5. The van der Waals surface area contributed by atoms with Crippen LogP contribution in [0.15, 0.2) is 18.2 Å². The molecule has 0 bridgehead atoms. The Balaban J connectivity index is 0.00000576. The van der Waals surface area contributed by atoms with Gasteiger partial charge in [0.2, 0.25) is 5.91 Å². The van der Waals surface area contributed by atoms with Crippen LogP contribution in [0.2, 0.25) is 0 Å². The average molecular weight is 530 g/mol. The summed E-state index contributed by atoms with van der Waals surface area (Å²) >= 11 is 0. The molecule has 0 aliphatic heterocycles. The van der Waals surface area contributed by atoms with Crippen molar-refractivity contribution in [3.05, 3.63) is 29.3 Å². The molecule has 7 heteroatoms. The number of carbonyl (C=O) groups is 2. The summed E-state index contributed by atoms with van der Waals surface area (Å²) in [5.41, 5.74) is 0.0964. The molecule has 0 aliphatic carbocycles. The molecule has 3 N–H and O–H groups in total. The number of aliphatic hydroxyl groups excluding tert-OH is 2. The number of nitrogens with one attached hydrogen (secondary N) is 1. The second-order valence-corrected chi connectivity index (χ2v) is 7.24. The first-order valence-electron chi connectivity index (χ1n) is 7.80. The largest absolute Gasteiger partial charge is 0.469 e. The Labute approximate surface area is 162 Å². The van der Waals surface area contributed by atoms with Gasteiger partial charge in [0, 0.05) is 31.2 Å². The van der Waals surface area contributed by atoms with Crippen molar-refractivity contribution < 1.29 is 44.6 Å². The molecule has 0 spiro atoms. The molecule has 1 amide bonds. The van der Waals surface area contributed by atoms with Gasteiger partial charge in [-0.2, -0.15) is 0 Å². The minimum Gasteiger partial charge on any atom is -0.469 e. The molecule has 143 valence electrons. The van der Waals surface area contributed by atoms with Gasteiger partial charge >= 0.3 is 5.97 Å². The van der Waals surface area contributed by atoms with Gasteiger partial charge in [0.1, 0.15) is 0 Å². The molecule has 0 saturated heterocycles. The van der Waals surface area contributed by atoms with Gasteiger partial charge in [-0.05, 0) is 43.5 Å². The molecule has 6 nitrogen and oxygen atoms in total. The third kappa shape index (κ3) is 6.51. The van der Waals surface area contributed by atoms with Crippen molar-refractivity contribution in [1.29, 1.82) is 0 Å².